The van der Waals surface area contributed by atoms with Gasteiger partial charge in [0.25, 0.3) is 0 Å². The quantitative estimate of drug-likeness (QED) is 0.309. The molecule has 1 aliphatic heterocycles. The monoisotopic (exact) mass is 495 g/mol. The standard InChI is InChI=1S/C29H31F2NO4/c1-20(33)21-4-13-27(28(18-21)35-2)36-17-3-15-32-16-14-24(19-32)29(34,22-5-9-25(30)10-6-22)23-7-11-26(31)12-8-23/h4-13,18,24,34H,3,14-17,19H2,1-2H3. The maximum Gasteiger partial charge on any atom is 0.161 e. The van der Waals surface area contributed by atoms with Crippen LogP contribution in [0.1, 0.15) is 41.3 Å². The lowest BCUT2D eigenvalue weighted by molar-refractivity contribution is 0.0196. The van der Waals surface area contributed by atoms with E-state index in [0.717, 1.165) is 25.9 Å². The summed E-state index contributed by atoms with van der Waals surface area (Å²) in [4.78, 5) is 13.9. The zero-order valence-electron chi connectivity index (χ0n) is 20.5. The molecule has 1 fully saturated rings. The molecule has 1 heterocycles. The van der Waals surface area contributed by atoms with E-state index in [-0.39, 0.29) is 23.3 Å². The van der Waals surface area contributed by atoms with Crippen LogP contribution < -0.4 is 9.47 Å². The van der Waals surface area contributed by atoms with Crippen LogP contribution in [-0.2, 0) is 5.60 Å². The highest BCUT2D eigenvalue weighted by atomic mass is 19.1. The number of Topliss-reactive ketones (excluding diaryl/α,β-unsaturated/α-hetero) is 1. The van der Waals surface area contributed by atoms with Crippen LogP contribution in [0.5, 0.6) is 11.5 Å². The number of likely N-dealkylation sites (tertiary alicyclic amines) is 1. The molecule has 0 aliphatic carbocycles. The summed E-state index contributed by atoms with van der Waals surface area (Å²) < 4.78 is 38.4. The van der Waals surface area contributed by atoms with Crippen molar-refractivity contribution in [1.29, 1.82) is 0 Å². The number of ketones is 1. The molecule has 4 rings (SSSR count). The summed E-state index contributed by atoms with van der Waals surface area (Å²) in [5, 5.41) is 12.0. The molecule has 0 bridgehead atoms. The molecule has 190 valence electrons. The van der Waals surface area contributed by atoms with Gasteiger partial charge in [-0.05, 0) is 79.9 Å². The minimum atomic E-state index is -1.36. The van der Waals surface area contributed by atoms with Crippen molar-refractivity contribution in [3.05, 3.63) is 95.1 Å². The van der Waals surface area contributed by atoms with Crippen LogP contribution in [0.15, 0.2) is 66.7 Å². The van der Waals surface area contributed by atoms with Crippen molar-refractivity contribution in [3.8, 4) is 11.5 Å². The Kier molecular flexibility index (Phi) is 8.01. The Bertz CT molecular complexity index is 1140. The molecule has 1 saturated heterocycles. The molecule has 7 heteroatoms. The lowest BCUT2D eigenvalue weighted by atomic mass is 9.75. The fourth-order valence-electron chi connectivity index (χ4n) is 4.90. The first-order chi connectivity index (χ1) is 17.3. The van der Waals surface area contributed by atoms with Crippen LogP contribution in [0.25, 0.3) is 0 Å². The zero-order chi connectivity index (χ0) is 25.7. The zero-order valence-corrected chi connectivity index (χ0v) is 20.5. The van der Waals surface area contributed by atoms with Crippen molar-refractivity contribution >= 4 is 5.78 Å². The van der Waals surface area contributed by atoms with Gasteiger partial charge < -0.3 is 19.5 Å². The molecule has 1 unspecified atom stereocenters. The predicted octanol–water partition coefficient (Wildman–Crippen LogP) is 5.20. The Morgan fingerprint density at radius 3 is 2.17 bits per heavy atom. The molecule has 0 saturated carbocycles. The largest absolute Gasteiger partial charge is 0.493 e. The summed E-state index contributed by atoms with van der Waals surface area (Å²) >= 11 is 0. The van der Waals surface area contributed by atoms with Crippen molar-refractivity contribution in [3.63, 3.8) is 0 Å². The molecule has 3 aromatic rings. The normalized spacial score (nSPS) is 16.2. The highest BCUT2D eigenvalue weighted by Gasteiger charge is 2.43. The van der Waals surface area contributed by atoms with Crippen molar-refractivity contribution in [2.45, 2.75) is 25.4 Å². The van der Waals surface area contributed by atoms with E-state index >= 15 is 0 Å². The van der Waals surface area contributed by atoms with Gasteiger partial charge >= 0.3 is 0 Å². The smallest absolute Gasteiger partial charge is 0.161 e. The second kappa shape index (κ2) is 11.2. The molecule has 0 aromatic heterocycles. The van der Waals surface area contributed by atoms with E-state index in [2.05, 4.69) is 4.90 Å². The van der Waals surface area contributed by atoms with Gasteiger partial charge in [-0.15, -0.1) is 0 Å². The maximum atomic E-state index is 13.6. The van der Waals surface area contributed by atoms with Gasteiger partial charge in [-0.3, -0.25) is 4.79 Å². The number of nitrogens with zero attached hydrogens (tertiary/aromatic N) is 1. The van der Waals surface area contributed by atoms with Gasteiger partial charge in [0.15, 0.2) is 17.3 Å². The van der Waals surface area contributed by atoms with E-state index in [4.69, 9.17) is 9.47 Å². The van der Waals surface area contributed by atoms with Gasteiger partial charge in [-0.2, -0.15) is 0 Å². The molecular weight excluding hydrogens is 464 g/mol. The third-order valence-corrected chi connectivity index (χ3v) is 6.88. The first-order valence-corrected chi connectivity index (χ1v) is 12.1. The number of methoxy groups -OCH3 is 1. The summed E-state index contributed by atoms with van der Waals surface area (Å²) in [6.45, 7) is 4.18. The van der Waals surface area contributed by atoms with E-state index in [9.17, 15) is 18.7 Å². The molecule has 1 aliphatic rings. The van der Waals surface area contributed by atoms with Crippen LogP contribution in [-0.4, -0.2) is 49.1 Å². The average Bonchev–Trinajstić information content (AvgIpc) is 3.36. The van der Waals surface area contributed by atoms with Crippen LogP contribution in [0, 0.1) is 17.6 Å². The van der Waals surface area contributed by atoms with E-state index < -0.39 is 5.60 Å². The number of aliphatic hydroxyl groups is 1. The number of halogens is 2. The third-order valence-electron chi connectivity index (χ3n) is 6.88. The van der Waals surface area contributed by atoms with E-state index in [0.29, 0.717) is 41.3 Å². The first-order valence-electron chi connectivity index (χ1n) is 12.1. The summed E-state index contributed by atoms with van der Waals surface area (Å²) in [6, 6.07) is 16.9. The molecule has 3 aromatic carbocycles. The fraction of sp³-hybridized carbons (Fsp3) is 0.345. The maximum absolute atomic E-state index is 13.6. The Morgan fingerprint density at radius 2 is 1.61 bits per heavy atom. The summed E-state index contributed by atoms with van der Waals surface area (Å²) in [5.41, 5.74) is 0.383. The van der Waals surface area contributed by atoms with E-state index in [1.165, 1.54) is 31.2 Å². The highest BCUT2D eigenvalue weighted by Crippen LogP contribution is 2.41. The lowest BCUT2D eigenvalue weighted by Crippen LogP contribution is -2.38. The Balaban J connectivity index is 1.40. The third kappa shape index (κ3) is 5.58. The van der Waals surface area contributed by atoms with Gasteiger partial charge in [-0.1, -0.05) is 24.3 Å². The Morgan fingerprint density at radius 1 is 1.00 bits per heavy atom. The van der Waals surface area contributed by atoms with Gasteiger partial charge in [0.2, 0.25) is 0 Å². The highest BCUT2D eigenvalue weighted by molar-refractivity contribution is 5.94. The fourth-order valence-corrected chi connectivity index (χ4v) is 4.90. The van der Waals surface area contributed by atoms with E-state index in [1.54, 1.807) is 49.6 Å². The van der Waals surface area contributed by atoms with Crippen molar-refractivity contribution < 1.29 is 28.2 Å². The first kappa shape index (κ1) is 25.8. The van der Waals surface area contributed by atoms with Gasteiger partial charge in [0.1, 0.15) is 17.2 Å². The topological polar surface area (TPSA) is 59.0 Å². The van der Waals surface area contributed by atoms with Crippen LogP contribution in [0.4, 0.5) is 8.78 Å². The average molecular weight is 496 g/mol. The second-order valence-electron chi connectivity index (χ2n) is 9.19. The molecular formula is C29H31F2NO4. The molecule has 5 nitrogen and oxygen atoms in total. The van der Waals surface area contributed by atoms with E-state index in [1.807, 2.05) is 0 Å². The molecule has 0 radical (unpaired) electrons. The van der Waals surface area contributed by atoms with Crippen LogP contribution >= 0.6 is 0 Å². The van der Waals surface area contributed by atoms with Crippen LogP contribution in [0.2, 0.25) is 0 Å². The molecule has 0 spiro atoms. The number of hydrogen-bond donors (Lipinski definition) is 1. The van der Waals surface area contributed by atoms with Gasteiger partial charge in [0, 0.05) is 24.6 Å². The number of benzene rings is 3. The molecule has 1 N–H and O–H groups in total. The number of hydrogen-bond acceptors (Lipinski definition) is 5. The van der Waals surface area contributed by atoms with Gasteiger partial charge in [0.05, 0.1) is 13.7 Å². The number of carbonyl (C=O) groups is 1. The van der Waals surface area contributed by atoms with Crippen LogP contribution in [0.3, 0.4) is 0 Å². The number of rotatable bonds is 10. The Labute approximate surface area is 210 Å². The van der Waals surface area contributed by atoms with Crippen molar-refractivity contribution in [1.82, 2.24) is 4.90 Å². The lowest BCUT2D eigenvalue weighted by Gasteiger charge is -2.35. The Hall–Kier alpha value is -3.29. The summed E-state index contributed by atoms with van der Waals surface area (Å²) in [6.07, 6.45) is 1.50. The van der Waals surface area contributed by atoms with Crippen molar-refractivity contribution in [2.75, 3.05) is 33.4 Å². The molecule has 1 atom stereocenters. The minimum absolute atomic E-state index is 0.0373. The number of carbonyl (C=O) groups excluding carboxylic acids is 1. The SMILES string of the molecule is COc1cc(C(C)=O)ccc1OCCCN1CCC(C(O)(c2ccc(F)cc2)c2ccc(F)cc2)C1. The van der Waals surface area contributed by atoms with Crippen molar-refractivity contribution in [2.24, 2.45) is 5.92 Å². The second-order valence-corrected chi connectivity index (χ2v) is 9.19. The van der Waals surface area contributed by atoms with Gasteiger partial charge in [-0.25, -0.2) is 8.78 Å². The molecule has 0 amide bonds. The molecule has 36 heavy (non-hydrogen) atoms. The number of ether oxygens (including phenoxy) is 2. The summed E-state index contributed by atoms with van der Waals surface area (Å²) in [7, 11) is 1.54. The minimum Gasteiger partial charge on any atom is -0.493 e. The summed E-state index contributed by atoms with van der Waals surface area (Å²) in [5.74, 6) is 0.177. The predicted molar refractivity (Wildman–Crippen MR) is 133 cm³/mol.